The van der Waals surface area contributed by atoms with Crippen molar-refractivity contribution in [2.75, 3.05) is 6.54 Å². The highest BCUT2D eigenvalue weighted by atomic mass is 14.9. The highest BCUT2D eigenvalue weighted by Crippen LogP contribution is 2.30. The Bertz CT molecular complexity index is 153. The summed E-state index contributed by atoms with van der Waals surface area (Å²) in [6, 6.07) is 0.697. The summed E-state index contributed by atoms with van der Waals surface area (Å²) in [7, 11) is 0. The van der Waals surface area contributed by atoms with Crippen molar-refractivity contribution < 1.29 is 0 Å². The molecule has 1 fully saturated rings. The van der Waals surface area contributed by atoms with E-state index in [1.54, 1.807) is 0 Å². The van der Waals surface area contributed by atoms with Crippen LogP contribution >= 0.6 is 0 Å². The molecule has 0 heterocycles. The van der Waals surface area contributed by atoms with Crippen LogP contribution in [-0.2, 0) is 0 Å². The molecule has 0 amide bonds. The molecule has 3 unspecified atom stereocenters. The first-order valence-electron chi connectivity index (χ1n) is 6.33. The van der Waals surface area contributed by atoms with Crippen LogP contribution in [0.5, 0.6) is 0 Å². The second-order valence-electron chi connectivity index (χ2n) is 5.61. The van der Waals surface area contributed by atoms with Crippen LogP contribution < -0.4 is 5.32 Å². The third kappa shape index (κ3) is 4.00. The van der Waals surface area contributed by atoms with Crippen LogP contribution in [0.3, 0.4) is 0 Å². The number of nitrogens with one attached hydrogen (secondary N) is 1. The van der Waals surface area contributed by atoms with Gasteiger partial charge in [-0.3, -0.25) is 0 Å². The second-order valence-corrected chi connectivity index (χ2v) is 5.61. The van der Waals surface area contributed by atoms with E-state index in [9.17, 15) is 0 Å². The minimum absolute atomic E-state index is 0.697. The fraction of sp³-hybridized carbons (Fsp3) is 1.00. The molecule has 1 aliphatic rings. The van der Waals surface area contributed by atoms with E-state index in [4.69, 9.17) is 0 Å². The second kappa shape index (κ2) is 5.75. The summed E-state index contributed by atoms with van der Waals surface area (Å²) in [4.78, 5) is 0. The molecule has 0 bridgehead atoms. The van der Waals surface area contributed by atoms with Crippen molar-refractivity contribution >= 4 is 0 Å². The van der Waals surface area contributed by atoms with Gasteiger partial charge in [-0.1, -0.05) is 33.6 Å². The van der Waals surface area contributed by atoms with Crippen LogP contribution in [0.15, 0.2) is 0 Å². The highest BCUT2D eigenvalue weighted by Gasteiger charge is 2.23. The summed E-state index contributed by atoms with van der Waals surface area (Å²) < 4.78 is 0. The smallest absolute Gasteiger partial charge is 0.00412 e. The molecule has 84 valence electrons. The fourth-order valence-corrected chi connectivity index (χ4v) is 2.67. The summed E-state index contributed by atoms with van der Waals surface area (Å²) >= 11 is 0. The van der Waals surface area contributed by atoms with Gasteiger partial charge in [0.2, 0.25) is 0 Å². The van der Waals surface area contributed by atoms with Gasteiger partial charge < -0.3 is 5.32 Å². The molecule has 1 aliphatic carbocycles. The maximum Gasteiger partial charge on any atom is 0.00412 e. The molecule has 1 rings (SSSR count). The maximum atomic E-state index is 3.69. The lowest BCUT2D eigenvalue weighted by molar-refractivity contribution is 0.352. The Morgan fingerprint density at radius 2 is 1.93 bits per heavy atom. The van der Waals surface area contributed by atoms with Crippen LogP contribution in [0.4, 0.5) is 0 Å². The molecule has 0 aromatic heterocycles. The van der Waals surface area contributed by atoms with E-state index < -0.39 is 0 Å². The van der Waals surface area contributed by atoms with E-state index in [-0.39, 0.29) is 0 Å². The molecule has 1 nitrogen and oxygen atoms in total. The Morgan fingerprint density at radius 1 is 1.21 bits per heavy atom. The minimum atomic E-state index is 0.697. The molecule has 0 aliphatic heterocycles. The van der Waals surface area contributed by atoms with Gasteiger partial charge in [0, 0.05) is 6.04 Å². The van der Waals surface area contributed by atoms with Crippen LogP contribution in [-0.4, -0.2) is 12.6 Å². The van der Waals surface area contributed by atoms with Gasteiger partial charge in [-0.05, 0) is 44.1 Å². The van der Waals surface area contributed by atoms with Gasteiger partial charge in [0.15, 0.2) is 0 Å². The summed E-state index contributed by atoms with van der Waals surface area (Å²) in [6.45, 7) is 10.6. The van der Waals surface area contributed by atoms with Gasteiger partial charge in [-0.2, -0.15) is 0 Å². The Morgan fingerprint density at radius 3 is 2.43 bits per heavy atom. The zero-order valence-corrected chi connectivity index (χ0v) is 10.3. The minimum Gasteiger partial charge on any atom is -0.314 e. The van der Waals surface area contributed by atoms with Gasteiger partial charge in [0.05, 0.1) is 0 Å². The Labute approximate surface area is 89.7 Å². The predicted molar refractivity (Wildman–Crippen MR) is 63.4 cm³/mol. The third-order valence-corrected chi connectivity index (χ3v) is 3.59. The first-order valence-corrected chi connectivity index (χ1v) is 6.33. The summed E-state index contributed by atoms with van der Waals surface area (Å²) in [5, 5.41) is 3.69. The molecule has 1 N–H and O–H groups in total. The van der Waals surface area contributed by atoms with Crippen molar-refractivity contribution in [3.05, 3.63) is 0 Å². The monoisotopic (exact) mass is 197 g/mol. The topological polar surface area (TPSA) is 12.0 Å². The van der Waals surface area contributed by atoms with Crippen molar-refractivity contribution in [1.29, 1.82) is 0 Å². The van der Waals surface area contributed by atoms with Crippen LogP contribution in [0.25, 0.3) is 0 Å². The normalized spacial score (nSPS) is 29.8. The largest absolute Gasteiger partial charge is 0.314 e. The van der Waals surface area contributed by atoms with Crippen LogP contribution in [0, 0.1) is 17.8 Å². The van der Waals surface area contributed by atoms with E-state index in [0.717, 1.165) is 17.8 Å². The van der Waals surface area contributed by atoms with Crippen molar-refractivity contribution in [1.82, 2.24) is 5.32 Å². The summed E-state index contributed by atoms with van der Waals surface area (Å²) in [6.07, 6.45) is 5.65. The lowest BCUT2D eigenvalue weighted by atomic mass is 9.97. The molecule has 1 saturated carbocycles. The number of hydrogen-bond acceptors (Lipinski definition) is 1. The first kappa shape index (κ1) is 12.0. The van der Waals surface area contributed by atoms with E-state index in [0.29, 0.717) is 6.04 Å². The van der Waals surface area contributed by atoms with Crippen LogP contribution in [0.2, 0.25) is 0 Å². The highest BCUT2D eigenvalue weighted by molar-refractivity contribution is 4.77. The lowest BCUT2D eigenvalue weighted by Gasteiger charge is -2.21. The molecular formula is C13H27N. The standard InChI is InChI=1S/C13H27N/c1-10(2)8-12(4)14-9-13-7-5-6-11(13)3/h10-14H,5-9H2,1-4H3. The van der Waals surface area contributed by atoms with E-state index in [1.807, 2.05) is 0 Å². The Balaban J connectivity index is 2.13. The quantitative estimate of drug-likeness (QED) is 0.712. The Kier molecular flexibility index (Phi) is 4.94. The molecule has 3 atom stereocenters. The average molecular weight is 197 g/mol. The van der Waals surface area contributed by atoms with Crippen molar-refractivity contribution in [2.45, 2.75) is 59.4 Å². The third-order valence-electron chi connectivity index (χ3n) is 3.59. The van der Waals surface area contributed by atoms with Crippen molar-refractivity contribution in [3.8, 4) is 0 Å². The van der Waals surface area contributed by atoms with Gasteiger partial charge in [-0.25, -0.2) is 0 Å². The predicted octanol–water partition coefficient (Wildman–Crippen LogP) is 3.45. The van der Waals surface area contributed by atoms with Gasteiger partial charge in [0.1, 0.15) is 0 Å². The number of hydrogen-bond donors (Lipinski definition) is 1. The zero-order valence-electron chi connectivity index (χ0n) is 10.3. The van der Waals surface area contributed by atoms with Crippen LogP contribution in [0.1, 0.15) is 53.4 Å². The molecule has 0 spiro atoms. The fourth-order valence-electron chi connectivity index (χ4n) is 2.67. The molecule has 0 aromatic carbocycles. The molecule has 0 radical (unpaired) electrons. The van der Waals surface area contributed by atoms with Gasteiger partial charge in [0.25, 0.3) is 0 Å². The van der Waals surface area contributed by atoms with Gasteiger partial charge >= 0.3 is 0 Å². The van der Waals surface area contributed by atoms with E-state index in [1.165, 1.54) is 32.2 Å². The average Bonchev–Trinajstić information content (AvgIpc) is 2.46. The number of rotatable bonds is 5. The van der Waals surface area contributed by atoms with E-state index in [2.05, 4.69) is 33.0 Å². The summed E-state index contributed by atoms with van der Waals surface area (Å²) in [5.41, 5.74) is 0. The van der Waals surface area contributed by atoms with Gasteiger partial charge in [-0.15, -0.1) is 0 Å². The molecular weight excluding hydrogens is 170 g/mol. The molecule has 0 saturated heterocycles. The summed E-state index contributed by atoms with van der Waals surface area (Å²) in [5.74, 6) is 2.72. The van der Waals surface area contributed by atoms with Crippen molar-refractivity contribution in [2.24, 2.45) is 17.8 Å². The zero-order chi connectivity index (χ0) is 10.6. The SMILES string of the molecule is CC(C)CC(C)NCC1CCCC1C. The van der Waals surface area contributed by atoms with Crippen molar-refractivity contribution in [3.63, 3.8) is 0 Å². The molecule has 14 heavy (non-hydrogen) atoms. The maximum absolute atomic E-state index is 3.69. The van der Waals surface area contributed by atoms with E-state index >= 15 is 0 Å². The molecule has 0 aromatic rings. The Hall–Kier alpha value is -0.0400. The lowest BCUT2D eigenvalue weighted by Crippen LogP contribution is -2.32. The molecule has 1 heteroatoms. The first-order chi connectivity index (χ1) is 6.59.